The number of carbonyl (C=O) groups is 1. The molecule has 0 radical (unpaired) electrons. The van der Waals surface area contributed by atoms with Crippen LogP contribution in [0.15, 0.2) is 23.1 Å². The van der Waals surface area contributed by atoms with Crippen LogP contribution in [-0.4, -0.2) is 40.2 Å². The van der Waals surface area contributed by atoms with Crippen molar-refractivity contribution in [3.8, 4) is 0 Å². The number of hydrogen-bond donors (Lipinski definition) is 2. The fraction of sp³-hybridized carbons (Fsp3) is 0.364. The molecule has 3 N–H and O–H groups in total. The molecule has 0 unspecified atom stereocenters. The molecule has 18 heavy (non-hydrogen) atoms. The van der Waals surface area contributed by atoms with Gasteiger partial charge in [0.1, 0.15) is 0 Å². The molecule has 0 saturated carbocycles. The summed E-state index contributed by atoms with van der Waals surface area (Å²) in [4.78, 5) is 13.2. The van der Waals surface area contributed by atoms with Crippen LogP contribution in [0.3, 0.4) is 0 Å². The molecule has 1 aliphatic heterocycles. The number of para-hydroxylation sites is 1. The normalized spacial score (nSPS) is 16.5. The monoisotopic (exact) mass is 269 g/mol. The van der Waals surface area contributed by atoms with E-state index in [1.165, 1.54) is 6.07 Å². The number of nitrogen functional groups attached to an aromatic ring is 1. The summed E-state index contributed by atoms with van der Waals surface area (Å²) in [5.41, 5.74) is 6.69. The van der Waals surface area contributed by atoms with Crippen LogP contribution in [0.25, 0.3) is 0 Å². The van der Waals surface area contributed by atoms with E-state index in [4.69, 9.17) is 5.73 Å². The predicted molar refractivity (Wildman–Crippen MR) is 69.2 cm³/mol. The quantitative estimate of drug-likeness (QED) is 0.713. The molecule has 1 saturated heterocycles. The van der Waals surface area contributed by atoms with Crippen molar-refractivity contribution < 1.29 is 13.2 Å². The van der Waals surface area contributed by atoms with Gasteiger partial charge < -0.3 is 16.0 Å². The first-order valence-electron chi connectivity index (χ1n) is 5.50. The summed E-state index contributed by atoms with van der Waals surface area (Å²) in [5.74, 6) is -0.0922. The Morgan fingerprint density at radius 3 is 2.72 bits per heavy atom. The number of carbonyl (C=O) groups excluding carboxylic acids is 1. The molecule has 1 amide bonds. The van der Waals surface area contributed by atoms with Crippen molar-refractivity contribution in [1.82, 2.24) is 5.32 Å². The third-order valence-corrected chi connectivity index (χ3v) is 3.98. The molecule has 1 fully saturated rings. The van der Waals surface area contributed by atoms with Gasteiger partial charge in [-0.1, -0.05) is 6.07 Å². The minimum Gasteiger partial charge on any atom is -0.396 e. The highest BCUT2D eigenvalue weighted by molar-refractivity contribution is 7.90. The molecule has 1 aromatic rings. The smallest absolute Gasteiger partial charge is 0.239 e. The zero-order valence-electron chi connectivity index (χ0n) is 10.0. The number of amides is 1. The topological polar surface area (TPSA) is 92.5 Å². The summed E-state index contributed by atoms with van der Waals surface area (Å²) in [6.45, 7) is 1.34. The van der Waals surface area contributed by atoms with Crippen molar-refractivity contribution >= 4 is 27.1 Å². The SMILES string of the molecule is CS(=O)(=O)c1cccc(N2CCNC(=O)C2)c1N. The summed E-state index contributed by atoms with van der Waals surface area (Å²) in [6.07, 6.45) is 1.12. The van der Waals surface area contributed by atoms with Crippen LogP contribution in [0.2, 0.25) is 0 Å². The van der Waals surface area contributed by atoms with Gasteiger partial charge in [0.25, 0.3) is 0 Å². The van der Waals surface area contributed by atoms with Crippen LogP contribution >= 0.6 is 0 Å². The third-order valence-electron chi connectivity index (χ3n) is 2.82. The summed E-state index contributed by atoms with van der Waals surface area (Å²) in [5, 5.41) is 2.71. The van der Waals surface area contributed by atoms with E-state index in [-0.39, 0.29) is 23.0 Å². The van der Waals surface area contributed by atoms with E-state index < -0.39 is 9.84 Å². The van der Waals surface area contributed by atoms with E-state index in [2.05, 4.69) is 5.32 Å². The Morgan fingerprint density at radius 2 is 2.11 bits per heavy atom. The standard InChI is InChI=1S/C11H15N3O3S/c1-18(16,17)9-4-2-3-8(11(9)12)14-6-5-13-10(15)7-14/h2-4H,5-7,12H2,1H3,(H,13,15). The van der Waals surface area contributed by atoms with Gasteiger partial charge in [0.15, 0.2) is 9.84 Å². The van der Waals surface area contributed by atoms with Gasteiger partial charge in [-0.15, -0.1) is 0 Å². The van der Waals surface area contributed by atoms with E-state index in [0.29, 0.717) is 18.8 Å². The second kappa shape index (κ2) is 4.49. The third kappa shape index (κ3) is 2.40. The van der Waals surface area contributed by atoms with Gasteiger partial charge >= 0.3 is 0 Å². The number of piperazine rings is 1. The van der Waals surface area contributed by atoms with Gasteiger partial charge in [0, 0.05) is 19.3 Å². The second-order valence-corrected chi connectivity index (χ2v) is 6.22. The van der Waals surface area contributed by atoms with Crippen molar-refractivity contribution in [3.05, 3.63) is 18.2 Å². The highest BCUT2D eigenvalue weighted by Crippen LogP contribution is 2.29. The Kier molecular flexibility index (Phi) is 3.16. The van der Waals surface area contributed by atoms with E-state index >= 15 is 0 Å². The van der Waals surface area contributed by atoms with E-state index in [1.54, 1.807) is 17.0 Å². The number of hydrogen-bond acceptors (Lipinski definition) is 5. The van der Waals surface area contributed by atoms with Crippen LogP contribution < -0.4 is 16.0 Å². The summed E-state index contributed by atoms with van der Waals surface area (Å²) in [7, 11) is -3.36. The molecule has 0 bridgehead atoms. The Hall–Kier alpha value is -1.76. The molecular weight excluding hydrogens is 254 g/mol. The first-order chi connectivity index (χ1) is 8.39. The van der Waals surface area contributed by atoms with Crippen molar-refractivity contribution in [1.29, 1.82) is 0 Å². The number of rotatable bonds is 2. The zero-order valence-corrected chi connectivity index (χ0v) is 10.8. The number of nitrogens with one attached hydrogen (secondary N) is 1. The maximum Gasteiger partial charge on any atom is 0.239 e. The first kappa shape index (κ1) is 12.7. The lowest BCUT2D eigenvalue weighted by molar-refractivity contribution is -0.120. The van der Waals surface area contributed by atoms with Crippen molar-refractivity contribution in [2.75, 3.05) is 36.5 Å². The van der Waals surface area contributed by atoms with Crippen LogP contribution in [0, 0.1) is 0 Å². The Morgan fingerprint density at radius 1 is 1.39 bits per heavy atom. The molecule has 1 heterocycles. The lowest BCUT2D eigenvalue weighted by atomic mass is 10.2. The Bertz CT molecular complexity index is 583. The van der Waals surface area contributed by atoms with E-state index in [0.717, 1.165) is 6.26 Å². The van der Waals surface area contributed by atoms with Gasteiger partial charge in [0.2, 0.25) is 5.91 Å². The summed E-state index contributed by atoms with van der Waals surface area (Å²) in [6, 6.07) is 4.83. The zero-order chi connectivity index (χ0) is 13.3. The molecular formula is C11H15N3O3S. The molecule has 2 rings (SSSR count). The lowest BCUT2D eigenvalue weighted by Crippen LogP contribution is -2.47. The largest absolute Gasteiger partial charge is 0.396 e. The van der Waals surface area contributed by atoms with Crippen LogP contribution in [0.4, 0.5) is 11.4 Å². The molecule has 0 aromatic heterocycles. The highest BCUT2D eigenvalue weighted by Gasteiger charge is 2.21. The molecule has 98 valence electrons. The molecule has 1 aromatic carbocycles. The maximum atomic E-state index is 11.6. The maximum absolute atomic E-state index is 11.6. The highest BCUT2D eigenvalue weighted by atomic mass is 32.2. The molecule has 0 atom stereocenters. The Labute approximate surface area is 106 Å². The average Bonchev–Trinajstić information content (AvgIpc) is 2.27. The van der Waals surface area contributed by atoms with Crippen LogP contribution in [0.1, 0.15) is 0 Å². The van der Waals surface area contributed by atoms with E-state index in [1.807, 2.05) is 0 Å². The summed E-state index contributed by atoms with van der Waals surface area (Å²) < 4.78 is 23.2. The molecule has 1 aliphatic rings. The number of nitrogens with zero attached hydrogens (tertiary/aromatic N) is 1. The molecule has 6 nitrogen and oxygen atoms in total. The average molecular weight is 269 g/mol. The molecule has 0 aliphatic carbocycles. The number of anilines is 2. The van der Waals surface area contributed by atoms with Crippen LogP contribution in [-0.2, 0) is 14.6 Å². The first-order valence-corrected chi connectivity index (χ1v) is 7.39. The number of nitrogens with two attached hydrogens (primary N) is 1. The summed E-state index contributed by atoms with van der Waals surface area (Å²) >= 11 is 0. The Balaban J connectivity index is 2.43. The fourth-order valence-corrected chi connectivity index (χ4v) is 2.81. The van der Waals surface area contributed by atoms with Gasteiger partial charge in [0.05, 0.1) is 22.8 Å². The lowest BCUT2D eigenvalue weighted by Gasteiger charge is -2.30. The molecule has 7 heteroatoms. The van der Waals surface area contributed by atoms with Crippen molar-refractivity contribution in [3.63, 3.8) is 0 Å². The number of benzene rings is 1. The van der Waals surface area contributed by atoms with Gasteiger partial charge in [-0.2, -0.15) is 0 Å². The minimum absolute atomic E-state index is 0.0922. The van der Waals surface area contributed by atoms with E-state index in [9.17, 15) is 13.2 Å². The van der Waals surface area contributed by atoms with Gasteiger partial charge in [-0.25, -0.2) is 8.42 Å². The van der Waals surface area contributed by atoms with Gasteiger partial charge in [-0.3, -0.25) is 4.79 Å². The van der Waals surface area contributed by atoms with Crippen molar-refractivity contribution in [2.45, 2.75) is 4.90 Å². The predicted octanol–water partition coefficient (Wildman–Crippen LogP) is -0.391. The van der Waals surface area contributed by atoms with Crippen molar-refractivity contribution in [2.24, 2.45) is 0 Å². The van der Waals surface area contributed by atoms with Crippen LogP contribution in [0.5, 0.6) is 0 Å². The number of sulfone groups is 1. The minimum atomic E-state index is -3.36. The second-order valence-electron chi connectivity index (χ2n) is 4.23. The molecule has 0 spiro atoms. The fourth-order valence-electron chi connectivity index (χ4n) is 1.98. The van der Waals surface area contributed by atoms with Gasteiger partial charge in [-0.05, 0) is 12.1 Å².